The van der Waals surface area contributed by atoms with Gasteiger partial charge in [-0.15, -0.1) is 0 Å². The molecular formula is C35H34O4. The van der Waals surface area contributed by atoms with Crippen LogP contribution in [0.4, 0.5) is 0 Å². The predicted molar refractivity (Wildman–Crippen MR) is 156 cm³/mol. The lowest BCUT2D eigenvalue weighted by atomic mass is 9.72. The van der Waals surface area contributed by atoms with Crippen LogP contribution in [0.3, 0.4) is 0 Å². The molecule has 1 heterocycles. The average Bonchev–Trinajstić information content (AvgIpc) is 3.33. The highest BCUT2D eigenvalue weighted by atomic mass is 16.8. The lowest BCUT2D eigenvalue weighted by Gasteiger charge is -2.42. The molecule has 1 saturated heterocycles. The smallest absolute Gasteiger partial charge is 0.164 e. The van der Waals surface area contributed by atoms with E-state index < -0.39 is 29.2 Å². The van der Waals surface area contributed by atoms with Gasteiger partial charge in [0.2, 0.25) is 0 Å². The van der Waals surface area contributed by atoms with Crippen LogP contribution in [0.5, 0.6) is 0 Å². The summed E-state index contributed by atoms with van der Waals surface area (Å²) in [6, 6.07) is 33.9. The van der Waals surface area contributed by atoms with Crippen molar-refractivity contribution in [2.45, 2.75) is 43.0 Å². The van der Waals surface area contributed by atoms with Gasteiger partial charge in [-0.25, -0.2) is 0 Å². The lowest BCUT2D eigenvalue weighted by Crippen LogP contribution is -2.55. The van der Waals surface area contributed by atoms with Crippen LogP contribution >= 0.6 is 0 Å². The van der Waals surface area contributed by atoms with Gasteiger partial charge in [0, 0.05) is 0 Å². The van der Waals surface area contributed by atoms with Gasteiger partial charge in [-0.05, 0) is 47.2 Å². The van der Waals surface area contributed by atoms with Crippen LogP contribution in [0.25, 0.3) is 12.2 Å². The van der Waals surface area contributed by atoms with Crippen molar-refractivity contribution < 1.29 is 19.7 Å². The first-order valence-electron chi connectivity index (χ1n) is 13.1. The van der Waals surface area contributed by atoms with Crippen LogP contribution in [-0.2, 0) is 20.7 Å². The minimum absolute atomic E-state index is 0.610. The SMILES string of the molecule is C=Cc1ccc(C(O)(c2ccc(C=C)cc2)[C@@H]2OC(C)(C)O[C@H]2C(O)(c2ccccc2)c2ccccc2)cc1. The van der Waals surface area contributed by atoms with E-state index in [0.29, 0.717) is 22.3 Å². The van der Waals surface area contributed by atoms with Gasteiger partial charge >= 0.3 is 0 Å². The maximum Gasteiger partial charge on any atom is 0.164 e. The first kappa shape index (κ1) is 26.8. The third-order valence-corrected chi connectivity index (χ3v) is 7.52. The van der Waals surface area contributed by atoms with E-state index in [4.69, 9.17) is 9.47 Å². The van der Waals surface area contributed by atoms with Gasteiger partial charge in [0.25, 0.3) is 0 Å². The molecule has 0 saturated carbocycles. The van der Waals surface area contributed by atoms with Crippen LogP contribution in [-0.4, -0.2) is 28.2 Å². The van der Waals surface area contributed by atoms with Crippen molar-refractivity contribution in [1.82, 2.24) is 0 Å². The Hall–Kier alpha value is -3.80. The van der Waals surface area contributed by atoms with Crippen LogP contribution in [0.15, 0.2) is 122 Å². The van der Waals surface area contributed by atoms with Gasteiger partial charge in [-0.3, -0.25) is 0 Å². The molecule has 0 bridgehead atoms. The molecule has 0 unspecified atom stereocenters. The van der Waals surface area contributed by atoms with Crippen LogP contribution in [0, 0.1) is 0 Å². The third-order valence-electron chi connectivity index (χ3n) is 7.52. The van der Waals surface area contributed by atoms with Crippen molar-refractivity contribution in [3.8, 4) is 0 Å². The number of ether oxygens (including phenoxy) is 2. The summed E-state index contributed by atoms with van der Waals surface area (Å²) in [5.41, 5.74) is 1.02. The maximum atomic E-state index is 12.9. The summed E-state index contributed by atoms with van der Waals surface area (Å²) >= 11 is 0. The van der Waals surface area contributed by atoms with Gasteiger partial charge in [-0.1, -0.05) is 135 Å². The van der Waals surface area contributed by atoms with Gasteiger partial charge in [0.05, 0.1) is 0 Å². The van der Waals surface area contributed by atoms with Gasteiger partial charge < -0.3 is 19.7 Å². The van der Waals surface area contributed by atoms with Crippen LogP contribution in [0.2, 0.25) is 0 Å². The van der Waals surface area contributed by atoms with Crippen molar-refractivity contribution in [3.05, 3.63) is 156 Å². The van der Waals surface area contributed by atoms with Crippen LogP contribution < -0.4 is 0 Å². The Morgan fingerprint density at radius 2 is 0.872 bits per heavy atom. The summed E-state index contributed by atoms with van der Waals surface area (Å²) in [6.45, 7) is 11.3. The molecule has 1 aliphatic rings. The van der Waals surface area contributed by atoms with E-state index in [2.05, 4.69) is 13.2 Å². The minimum atomic E-state index is -1.69. The molecule has 4 heteroatoms. The summed E-state index contributed by atoms with van der Waals surface area (Å²) < 4.78 is 13.1. The fraction of sp³-hybridized carbons (Fsp3) is 0.200. The predicted octanol–water partition coefficient (Wildman–Crippen LogP) is 6.66. The molecule has 0 spiro atoms. The zero-order chi connectivity index (χ0) is 27.7. The van der Waals surface area contributed by atoms with E-state index in [-0.39, 0.29) is 0 Å². The Morgan fingerprint density at radius 3 is 1.18 bits per heavy atom. The quantitative estimate of drug-likeness (QED) is 0.274. The van der Waals surface area contributed by atoms with E-state index in [1.807, 2.05) is 109 Å². The zero-order valence-electron chi connectivity index (χ0n) is 22.3. The highest BCUT2D eigenvalue weighted by Gasteiger charge is 2.61. The van der Waals surface area contributed by atoms with Crippen molar-refractivity contribution in [2.24, 2.45) is 0 Å². The van der Waals surface area contributed by atoms with Crippen molar-refractivity contribution >= 4 is 12.2 Å². The van der Waals surface area contributed by atoms with Gasteiger partial charge in [-0.2, -0.15) is 0 Å². The molecule has 0 aromatic heterocycles. The Labute approximate surface area is 230 Å². The van der Waals surface area contributed by atoms with Gasteiger partial charge in [0.1, 0.15) is 23.4 Å². The summed E-state index contributed by atoms with van der Waals surface area (Å²) in [7, 11) is 0. The van der Waals surface area contributed by atoms with Crippen molar-refractivity contribution in [1.29, 1.82) is 0 Å². The highest BCUT2D eigenvalue weighted by Crippen LogP contribution is 2.50. The van der Waals surface area contributed by atoms with Crippen molar-refractivity contribution in [2.75, 3.05) is 0 Å². The Kier molecular flexibility index (Phi) is 7.15. The molecule has 1 aliphatic heterocycles. The Bertz CT molecular complexity index is 1330. The molecule has 0 radical (unpaired) electrons. The largest absolute Gasteiger partial charge is 0.378 e. The fourth-order valence-corrected chi connectivity index (χ4v) is 5.49. The highest BCUT2D eigenvalue weighted by molar-refractivity contribution is 5.52. The maximum absolute atomic E-state index is 12.9. The first-order chi connectivity index (χ1) is 18.7. The molecule has 0 amide bonds. The summed E-state index contributed by atoms with van der Waals surface area (Å²) in [5.74, 6) is -1.09. The second-order valence-electron chi connectivity index (χ2n) is 10.4. The summed E-state index contributed by atoms with van der Waals surface area (Å²) in [5, 5.41) is 25.6. The molecule has 2 N–H and O–H groups in total. The number of hydrogen-bond donors (Lipinski definition) is 2. The van der Waals surface area contributed by atoms with Gasteiger partial charge in [0.15, 0.2) is 5.79 Å². The van der Waals surface area contributed by atoms with E-state index in [1.54, 1.807) is 26.0 Å². The molecule has 0 aliphatic carbocycles. The average molecular weight is 519 g/mol. The normalized spacial score (nSPS) is 19.0. The summed E-state index contributed by atoms with van der Waals surface area (Å²) in [4.78, 5) is 0. The zero-order valence-corrected chi connectivity index (χ0v) is 22.3. The minimum Gasteiger partial charge on any atom is -0.378 e. The molecule has 4 aromatic carbocycles. The monoisotopic (exact) mass is 518 g/mol. The first-order valence-corrected chi connectivity index (χ1v) is 13.1. The molecule has 39 heavy (non-hydrogen) atoms. The number of benzene rings is 4. The molecular weight excluding hydrogens is 484 g/mol. The number of hydrogen-bond acceptors (Lipinski definition) is 4. The topological polar surface area (TPSA) is 58.9 Å². The Balaban J connectivity index is 1.76. The van der Waals surface area contributed by atoms with E-state index in [0.717, 1.165) is 11.1 Å². The number of rotatable bonds is 8. The Morgan fingerprint density at radius 1 is 0.564 bits per heavy atom. The standard InChI is InChI=1S/C35H34O4/c1-5-25-17-21-29(22-18-25)35(37,30-23-19-26(6-2)20-24-30)32-31(38-33(3,4)39-32)34(36,27-13-9-7-10-14-27)28-15-11-8-12-16-28/h5-24,31-32,36-37H,1-2H2,3-4H3/t31-,32-/m1/s1. The van der Waals surface area contributed by atoms with Crippen LogP contribution in [0.1, 0.15) is 47.2 Å². The fourth-order valence-electron chi connectivity index (χ4n) is 5.49. The second-order valence-corrected chi connectivity index (χ2v) is 10.4. The molecule has 4 nitrogen and oxygen atoms in total. The van der Waals surface area contributed by atoms with E-state index >= 15 is 0 Å². The van der Waals surface area contributed by atoms with E-state index in [1.165, 1.54) is 0 Å². The second kappa shape index (κ2) is 10.4. The number of aliphatic hydroxyl groups is 2. The molecule has 5 rings (SSSR count). The third kappa shape index (κ3) is 4.77. The molecule has 198 valence electrons. The van der Waals surface area contributed by atoms with E-state index in [9.17, 15) is 10.2 Å². The molecule has 4 aromatic rings. The summed E-state index contributed by atoms with van der Waals surface area (Å²) in [6.07, 6.45) is 1.53. The molecule has 1 fully saturated rings. The van der Waals surface area contributed by atoms with Crippen molar-refractivity contribution in [3.63, 3.8) is 0 Å². The molecule has 2 atom stereocenters. The lowest BCUT2D eigenvalue weighted by molar-refractivity contribution is -0.172.